The second-order valence-corrected chi connectivity index (χ2v) is 6.09. The van der Waals surface area contributed by atoms with E-state index in [-0.39, 0.29) is 15.6 Å². The fourth-order valence-corrected chi connectivity index (χ4v) is 3.03. The fourth-order valence-electron chi connectivity index (χ4n) is 1.62. The van der Waals surface area contributed by atoms with E-state index in [4.69, 9.17) is 10.4 Å². The van der Waals surface area contributed by atoms with Gasteiger partial charge in [0, 0.05) is 6.54 Å². The topological polar surface area (TPSA) is 81.4 Å². The molecule has 5 nitrogen and oxygen atoms in total. The third kappa shape index (κ3) is 5.00. The Bertz CT molecular complexity index is 606. The summed E-state index contributed by atoms with van der Waals surface area (Å²) >= 11 is 0. The Morgan fingerprint density at radius 3 is 2.24 bits per heavy atom. The van der Waals surface area contributed by atoms with E-state index in [1.54, 1.807) is 0 Å². The number of alkyl halides is 3. The standard InChI is InChI=1S/C12H13F3N2O3S/c13-12(14,15)9-17(7-8-18)21(19,20)11-3-1-10(2-4-11)5-6-16/h1-4,18H,5,7-9H2. The lowest BCUT2D eigenvalue weighted by atomic mass is 10.2. The number of hydrogen-bond donors (Lipinski definition) is 1. The molecule has 0 aliphatic heterocycles. The van der Waals surface area contributed by atoms with Crippen LogP contribution in [0.2, 0.25) is 0 Å². The van der Waals surface area contributed by atoms with Crippen molar-refractivity contribution in [3.63, 3.8) is 0 Å². The van der Waals surface area contributed by atoms with Gasteiger partial charge in [-0.15, -0.1) is 0 Å². The molecule has 0 heterocycles. The lowest BCUT2D eigenvalue weighted by Gasteiger charge is -2.22. The molecule has 0 atom stereocenters. The summed E-state index contributed by atoms with van der Waals surface area (Å²) < 4.78 is 61.7. The smallest absolute Gasteiger partial charge is 0.395 e. The fraction of sp³-hybridized carbons (Fsp3) is 0.417. The maximum Gasteiger partial charge on any atom is 0.402 e. The third-order valence-corrected chi connectivity index (χ3v) is 4.41. The summed E-state index contributed by atoms with van der Waals surface area (Å²) in [5.74, 6) is 0. The van der Waals surface area contributed by atoms with Gasteiger partial charge in [-0.25, -0.2) is 8.42 Å². The molecule has 1 aromatic carbocycles. The van der Waals surface area contributed by atoms with Crippen LogP contribution >= 0.6 is 0 Å². The van der Waals surface area contributed by atoms with Gasteiger partial charge in [-0.1, -0.05) is 12.1 Å². The lowest BCUT2D eigenvalue weighted by Crippen LogP contribution is -2.40. The SMILES string of the molecule is N#CCc1ccc(S(=O)(=O)N(CCO)CC(F)(F)F)cc1. The van der Waals surface area contributed by atoms with Crippen molar-refractivity contribution in [3.05, 3.63) is 29.8 Å². The number of sulfonamides is 1. The van der Waals surface area contributed by atoms with Gasteiger partial charge in [-0.05, 0) is 17.7 Å². The number of hydrogen-bond acceptors (Lipinski definition) is 4. The maximum absolute atomic E-state index is 12.4. The molecule has 0 radical (unpaired) electrons. The Morgan fingerprint density at radius 1 is 1.24 bits per heavy atom. The van der Waals surface area contributed by atoms with E-state index in [1.165, 1.54) is 12.1 Å². The van der Waals surface area contributed by atoms with E-state index >= 15 is 0 Å². The van der Waals surface area contributed by atoms with Crippen LogP contribution in [0.4, 0.5) is 13.2 Å². The highest BCUT2D eigenvalue weighted by Crippen LogP contribution is 2.22. The highest BCUT2D eigenvalue weighted by molar-refractivity contribution is 7.89. The predicted molar refractivity (Wildman–Crippen MR) is 67.7 cm³/mol. The summed E-state index contributed by atoms with van der Waals surface area (Å²) in [7, 11) is -4.36. The second-order valence-electron chi connectivity index (χ2n) is 4.16. The Hall–Kier alpha value is -1.63. The Morgan fingerprint density at radius 2 is 1.81 bits per heavy atom. The van der Waals surface area contributed by atoms with Gasteiger partial charge in [0.15, 0.2) is 0 Å². The molecular formula is C12H13F3N2O3S. The van der Waals surface area contributed by atoms with Crippen molar-refractivity contribution >= 4 is 10.0 Å². The minimum Gasteiger partial charge on any atom is -0.395 e. The van der Waals surface area contributed by atoms with Gasteiger partial charge in [0.05, 0.1) is 24.0 Å². The lowest BCUT2D eigenvalue weighted by molar-refractivity contribution is -0.136. The summed E-state index contributed by atoms with van der Waals surface area (Å²) in [6, 6.07) is 6.88. The van der Waals surface area contributed by atoms with Gasteiger partial charge in [-0.2, -0.15) is 22.7 Å². The Kier molecular flexibility index (Phi) is 5.71. The number of nitriles is 1. The van der Waals surface area contributed by atoms with Gasteiger partial charge in [0.25, 0.3) is 0 Å². The molecule has 1 rings (SSSR count). The largest absolute Gasteiger partial charge is 0.402 e. The molecule has 0 spiro atoms. The van der Waals surface area contributed by atoms with Gasteiger partial charge >= 0.3 is 6.18 Å². The highest BCUT2D eigenvalue weighted by Gasteiger charge is 2.36. The van der Waals surface area contributed by atoms with Crippen LogP contribution in [0.5, 0.6) is 0 Å². The average Bonchev–Trinajstić information content (AvgIpc) is 2.38. The van der Waals surface area contributed by atoms with Crippen molar-refractivity contribution in [2.24, 2.45) is 0 Å². The number of halogens is 3. The zero-order valence-electron chi connectivity index (χ0n) is 10.8. The van der Waals surface area contributed by atoms with Crippen LogP contribution in [0.1, 0.15) is 5.56 Å². The molecule has 1 aromatic rings. The molecule has 1 N–H and O–H groups in total. The number of rotatable bonds is 6. The number of benzene rings is 1. The molecule has 0 unspecified atom stereocenters. The van der Waals surface area contributed by atoms with E-state index in [9.17, 15) is 21.6 Å². The Balaban J connectivity index is 3.08. The summed E-state index contributed by atoms with van der Waals surface area (Å²) in [6.07, 6.45) is -4.63. The van der Waals surface area contributed by atoms with Crippen LogP contribution in [0.3, 0.4) is 0 Å². The predicted octanol–water partition coefficient (Wildman–Crippen LogP) is 1.30. The number of nitrogens with zero attached hydrogens (tertiary/aromatic N) is 2. The molecule has 0 aliphatic carbocycles. The van der Waals surface area contributed by atoms with Crippen LogP contribution in [0.25, 0.3) is 0 Å². The van der Waals surface area contributed by atoms with E-state index in [2.05, 4.69) is 0 Å². The molecule has 0 saturated heterocycles. The van der Waals surface area contributed by atoms with E-state index in [0.717, 1.165) is 12.1 Å². The molecule has 0 saturated carbocycles. The monoisotopic (exact) mass is 322 g/mol. The zero-order chi connectivity index (χ0) is 16.1. The first-order valence-electron chi connectivity index (χ1n) is 5.84. The van der Waals surface area contributed by atoms with Crippen LogP contribution in [-0.4, -0.2) is 43.7 Å². The van der Waals surface area contributed by atoms with Crippen LogP contribution in [0, 0.1) is 11.3 Å². The van der Waals surface area contributed by atoms with Gasteiger partial charge in [-0.3, -0.25) is 0 Å². The van der Waals surface area contributed by atoms with Crippen molar-refractivity contribution in [2.45, 2.75) is 17.5 Å². The van der Waals surface area contributed by atoms with Crippen molar-refractivity contribution in [2.75, 3.05) is 19.7 Å². The average molecular weight is 322 g/mol. The minimum absolute atomic E-state index is 0.0727. The molecule has 116 valence electrons. The normalized spacial score (nSPS) is 12.4. The van der Waals surface area contributed by atoms with E-state index in [0.29, 0.717) is 5.56 Å². The minimum atomic E-state index is -4.71. The first-order chi connectivity index (χ1) is 9.70. The quantitative estimate of drug-likeness (QED) is 0.856. The summed E-state index contributed by atoms with van der Waals surface area (Å²) in [5, 5.41) is 17.3. The van der Waals surface area contributed by atoms with Gasteiger partial charge in [0.1, 0.15) is 6.54 Å². The highest BCUT2D eigenvalue weighted by atomic mass is 32.2. The van der Waals surface area contributed by atoms with Crippen molar-refractivity contribution in [3.8, 4) is 6.07 Å². The maximum atomic E-state index is 12.4. The summed E-state index contributed by atoms with van der Waals surface area (Å²) in [6.45, 7) is -3.04. The molecule has 0 bridgehead atoms. The van der Waals surface area contributed by atoms with Crippen LogP contribution in [0.15, 0.2) is 29.2 Å². The molecule has 0 fully saturated rings. The molecular weight excluding hydrogens is 309 g/mol. The van der Waals surface area contributed by atoms with Gasteiger partial charge in [0.2, 0.25) is 10.0 Å². The molecule has 0 amide bonds. The summed E-state index contributed by atoms with van der Waals surface area (Å²) in [4.78, 5) is -0.318. The zero-order valence-corrected chi connectivity index (χ0v) is 11.7. The molecule has 0 aromatic heterocycles. The number of aliphatic hydroxyl groups is 1. The van der Waals surface area contributed by atoms with Crippen molar-refractivity contribution in [1.82, 2.24) is 4.31 Å². The van der Waals surface area contributed by atoms with Crippen LogP contribution < -0.4 is 0 Å². The first-order valence-corrected chi connectivity index (χ1v) is 7.28. The second kappa shape index (κ2) is 6.89. The van der Waals surface area contributed by atoms with E-state index in [1.807, 2.05) is 6.07 Å². The third-order valence-electron chi connectivity index (χ3n) is 2.55. The number of aliphatic hydroxyl groups excluding tert-OH is 1. The van der Waals surface area contributed by atoms with Crippen LogP contribution in [-0.2, 0) is 16.4 Å². The van der Waals surface area contributed by atoms with Crippen molar-refractivity contribution < 1.29 is 26.7 Å². The first kappa shape index (κ1) is 17.4. The molecule has 9 heteroatoms. The van der Waals surface area contributed by atoms with E-state index < -0.39 is 35.9 Å². The van der Waals surface area contributed by atoms with Crippen molar-refractivity contribution in [1.29, 1.82) is 5.26 Å². The Labute approximate surface area is 120 Å². The molecule has 0 aliphatic rings. The summed E-state index contributed by atoms with van der Waals surface area (Å²) in [5.41, 5.74) is 0.556. The molecule has 21 heavy (non-hydrogen) atoms. The van der Waals surface area contributed by atoms with Gasteiger partial charge < -0.3 is 5.11 Å².